The van der Waals surface area contributed by atoms with Crippen molar-refractivity contribution in [1.82, 2.24) is 14.8 Å². The quantitative estimate of drug-likeness (QED) is 0.866. The van der Waals surface area contributed by atoms with Gasteiger partial charge in [-0.25, -0.2) is 4.98 Å². The SMILES string of the molecule is Cc1ccc2c(c1)N(C(=O)CCCn1cncn1)CCC2. The number of aromatic nitrogens is 3. The van der Waals surface area contributed by atoms with E-state index < -0.39 is 0 Å². The molecule has 21 heavy (non-hydrogen) atoms. The minimum absolute atomic E-state index is 0.210. The van der Waals surface area contributed by atoms with E-state index in [1.54, 1.807) is 11.0 Å². The van der Waals surface area contributed by atoms with Gasteiger partial charge in [0.2, 0.25) is 5.91 Å². The molecule has 0 spiro atoms. The van der Waals surface area contributed by atoms with E-state index in [-0.39, 0.29) is 5.91 Å². The molecule has 5 heteroatoms. The molecule has 0 N–H and O–H groups in total. The Labute approximate surface area is 124 Å². The summed E-state index contributed by atoms with van der Waals surface area (Å²) in [5.41, 5.74) is 3.60. The molecule has 0 unspecified atom stereocenters. The van der Waals surface area contributed by atoms with E-state index >= 15 is 0 Å². The molecule has 0 atom stereocenters. The zero-order valence-electron chi connectivity index (χ0n) is 12.3. The first kappa shape index (κ1) is 13.8. The molecule has 2 heterocycles. The monoisotopic (exact) mass is 284 g/mol. The van der Waals surface area contributed by atoms with Crippen LogP contribution in [0.1, 0.15) is 30.4 Å². The summed E-state index contributed by atoms with van der Waals surface area (Å²) < 4.78 is 1.77. The smallest absolute Gasteiger partial charge is 0.227 e. The topological polar surface area (TPSA) is 51.0 Å². The van der Waals surface area contributed by atoms with Crippen molar-refractivity contribution in [3.05, 3.63) is 42.0 Å². The summed E-state index contributed by atoms with van der Waals surface area (Å²) >= 11 is 0. The highest BCUT2D eigenvalue weighted by molar-refractivity contribution is 5.94. The van der Waals surface area contributed by atoms with Gasteiger partial charge in [-0.1, -0.05) is 12.1 Å². The third kappa shape index (κ3) is 3.12. The van der Waals surface area contributed by atoms with Crippen LogP contribution < -0.4 is 4.90 Å². The summed E-state index contributed by atoms with van der Waals surface area (Å²) in [4.78, 5) is 18.3. The Kier molecular flexibility index (Phi) is 3.99. The summed E-state index contributed by atoms with van der Waals surface area (Å²) in [6.45, 7) is 3.64. The largest absolute Gasteiger partial charge is 0.312 e. The molecule has 0 saturated carbocycles. The first-order chi connectivity index (χ1) is 10.2. The van der Waals surface area contributed by atoms with Gasteiger partial charge in [0.15, 0.2) is 0 Å². The molecule has 1 aliphatic heterocycles. The molecule has 2 aromatic rings. The van der Waals surface area contributed by atoms with E-state index in [9.17, 15) is 4.79 Å². The van der Waals surface area contributed by atoms with Crippen molar-refractivity contribution >= 4 is 11.6 Å². The van der Waals surface area contributed by atoms with Gasteiger partial charge in [0.25, 0.3) is 0 Å². The Morgan fingerprint density at radius 2 is 2.29 bits per heavy atom. The molecule has 0 aliphatic carbocycles. The number of rotatable bonds is 4. The van der Waals surface area contributed by atoms with Crippen LogP contribution in [0, 0.1) is 6.92 Å². The van der Waals surface area contributed by atoms with Crippen molar-refractivity contribution in [2.45, 2.75) is 39.2 Å². The van der Waals surface area contributed by atoms with Gasteiger partial charge in [-0.2, -0.15) is 5.10 Å². The molecule has 0 fully saturated rings. The summed E-state index contributed by atoms with van der Waals surface area (Å²) in [6, 6.07) is 6.40. The van der Waals surface area contributed by atoms with Crippen LogP contribution in [-0.4, -0.2) is 27.2 Å². The van der Waals surface area contributed by atoms with Gasteiger partial charge in [0, 0.05) is 25.2 Å². The second-order valence-corrected chi connectivity index (χ2v) is 5.54. The van der Waals surface area contributed by atoms with Crippen LogP contribution >= 0.6 is 0 Å². The zero-order chi connectivity index (χ0) is 14.7. The van der Waals surface area contributed by atoms with Crippen LogP contribution in [0.15, 0.2) is 30.9 Å². The number of carbonyl (C=O) groups excluding carboxylic acids is 1. The lowest BCUT2D eigenvalue weighted by atomic mass is 9.99. The molecule has 1 aromatic carbocycles. The van der Waals surface area contributed by atoms with Gasteiger partial charge in [-0.3, -0.25) is 9.48 Å². The van der Waals surface area contributed by atoms with Crippen molar-refractivity contribution in [1.29, 1.82) is 0 Å². The van der Waals surface area contributed by atoms with Gasteiger partial charge in [-0.05, 0) is 43.4 Å². The highest BCUT2D eigenvalue weighted by Crippen LogP contribution is 2.28. The third-order valence-electron chi connectivity index (χ3n) is 3.90. The number of nitrogens with zero attached hydrogens (tertiary/aromatic N) is 4. The Hall–Kier alpha value is -2.17. The maximum atomic E-state index is 12.5. The molecule has 3 rings (SSSR count). The van der Waals surface area contributed by atoms with E-state index in [0.717, 1.165) is 38.0 Å². The number of hydrogen-bond acceptors (Lipinski definition) is 3. The molecular weight excluding hydrogens is 264 g/mol. The standard InChI is InChI=1S/C16H20N4O/c1-13-6-7-14-4-2-9-20(15(14)10-13)16(21)5-3-8-19-12-17-11-18-19/h6-7,10-12H,2-5,8-9H2,1H3. The van der Waals surface area contributed by atoms with Crippen molar-refractivity contribution in [2.24, 2.45) is 0 Å². The number of carbonyl (C=O) groups is 1. The second kappa shape index (κ2) is 6.08. The van der Waals surface area contributed by atoms with Crippen molar-refractivity contribution < 1.29 is 4.79 Å². The number of benzene rings is 1. The third-order valence-corrected chi connectivity index (χ3v) is 3.90. The number of aryl methyl sites for hydroxylation is 3. The van der Waals surface area contributed by atoms with E-state index in [2.05, 4.69) is 35.2 Å². The van der Waals surface area contributed by atoms with Crippen LogP contribution in [0.5, 0.6) is 0 Å². The van der Waals surface area contributed by atoms with Gasteiger partial charge < -0.3 is 4.90 Å². The van der Waals surface area contributed by atoms with Crippen LogP contribution in [0.2, 0.25) is 0 Å². The summed E-state index contributed by atoms with van der Waals surface area (Å²) in [6.07, 6.45) is 6.66. The second-order valence-electron chi connectivity index (χ2n) is 5.54. The number of amides is 1. The molecule has 1 aliphatic rings. The normalized spacial score (nSPS) is 14.0. The summed E-state index contributed by atoms with van der Waals surface area (Å²) in [5, 5.41) is 4.05. The molecule has 0 bridgehead atoms. The number of anilines is 1. The summed E-state index contributed by atoms with van der Waals surface area (Å²) in [7, 11) is 0. The summed E-state index contributed by atoms with van der Waals surface area (Å²) in [5.74, 6) is 0.210. The van der Waals surface area contributed by atoms with Gasteiger partial charge in [0.1, 0.15) is 12.7 Å². The Morgan fingerprint density at radius 1 is 1.38 bits per heavy atom. The maximum absolute atomic E-state index is 12.5. The van der Waals surface area contributed by atoms with Crippen molar-refractivity contribution in [2.75, 3.05) is 11.4 Å². The first-order valence-corrected chi connectivity index (χ1v) is 7.46. The van der Waals surface area contributed by atoms with Gasteiger partial charge in [-0.15, -0.1) is 0 Å². The lowest BCUT2D eigenvalue weighted by Crippen LogP contribution is -2.35. The fourth-order valence-corrected chi connectivity index (χ4v) is 2.82. The fraction of sp³-hybridized carbons (Fsp3) is 0.438. The minimum Gasteiger partial charge on any atom is -0.312 e. The molecule has 1 amide bonds. The number of hydrogen-bond donors (Lipinski definition) is 0. The number of fused-ring (bicyclic) bond motifs is 1. The fourth-order valence-electron chi connectivity index (χ4n) is 2.82. The van der Waals surface area contributed by atoms with Crippen molar-refractivity contribution in [3.8, 4) is 0 Å². The van der Waals surface area contributed by atoms with E-state index in [0.29, 0.717) is 6.42 Å². The molecule has 0 saturated heterocycles. The lowest BCUT2D eigenvalue weighted by Gasteiger charge is -2.30. The van der Waals surface area contributed by atoms with Gasteiger partial charge >= 0.3 is 0 Å². The average molecular weight is 284 g/mol. The van der Waals surface area contributed by atoms with E-state index in [1.165, 1.54) is 17.5 Å². The van der Waals surface area contributed by atoms with Crippen molar-refractivity contribution in [3.63, 3.8) is 0 Å². The Morgan fingerprint density at radius 3 is 3.10 bits per heavy atom. The van der Waals surface area contributed by atoms with E-state index in [4.69, 9.17) is 0 Å². The maximum Gasteiger partial charge on any atom is 0.227 e. The predicted octanol–water partition coefficient (Wildman–Crippen LogP) is 2.35. The van der Waals surface area contributed by atoms with Crippen LogP contribution in [0.4, 0.5) is 5.69 Å². The van der Waals surface area contributed by atoms with Crippen LogP contribution in [0.3, 0.4) is 0 Å². The van der Waals surface area contributed by atoms with Crippen LogP contribution in [0.25, 0.3) is 0 Å². The van der Waals surface area contributed by atoms with Gasteiger partial charge in [0.05, 0.1) is 0 Å². The lowest BCUT2D eigenvalue weighted by molar-refractivity contribution is -0.118. The zero-order valence-corrected chi connectivity index (χ0v) is 12.3. The first-order valence-electron chi connectivity index (χ1n) is 7.46. The molecule has 0 radical (unpaired) electrons. The van der Waals surface area contributed by atoms with Crippen LogP contribution in [-0.2, 0) is 17.8 Å². The molecular formula is C16H20N4O. The predicted molar refractivity (Wildman–Crippen MR) is 81.1 cm³/mol. The Balaban J connectivity index is 1.64. The van der Waals surface area contributed by atoms with E-state index in [1.807, 2.05) is 4.90 Å². The molecule has 110 valence electrons. The minimum atomic E-state index is 0.210. The highest BCUT2D eigenvalue weighted by Gasteiger charge is 2.22. The average Bonchev–Trinajstić information content (AvgIpc) is 2.99. The highest BCUT2D eigenvalue weighted by atomic mass is 16.2. The molecule has 1 aromatic heterocycles. The molecule has 5 nitrogen and oxygen atoms in total. The Bertz CT molecular complexity index is 621.